The number of H-pyrrole nitrogens is 1. The van der Waals surface area contributed by atoms with E-state index in [0.717, 1.165) is 22.2 Å². The van der Waals surface area contributed by atoms with Crippen molar-refractivity contribution in [3.8, 4) is 11.1 Å². The number of fused-ring (bicyclic) bond motifs is 1. The van der Waals surface area contributed by atoms with Crippen LogP contribution in [0, 0.1) is 0 Å². The first-order valence-corrected chi connectivity index (χ1v) is 10.9. The number of nitrogens with two attached hydrogens (primary N) is 1. The number of aromatic nitrogens is 2. The SMILES string of the molecule is NS(=O)(=O)c1ccccc1-c1ccc2nc(/C=C/c3ccc(Cl)c(Cl)c3)[nH]c2c1. The Morgan fingerprint density at radius 3 is 2.48 bits per heavy atom. The van der Waals surface area contributed by atoms with Crippen LogP contribution in [-0.2, 0) is 10.0 Å². The van der Waals surface area contributed by atoms with Crippen LogP contribution in [0.3, 0.4) is 0 Å². The first-order chi connectivity index (χ1) is 13.8. The summed E-state index contributed by atoms with van der Waals surface area (Å²) >= 11 is 12.0. The predicted octanol–water partition coefficient (Wildman–Crippen LogP) is 5.35. The van der Waals surface area contributed by atoms with E-state index in [1.54, 1.807) is 30.3 Å². The number of aromatic amines is 1. The van der Waals surface area contributed by atoms with Gasteiger partial charge < -0.3 is 4.98 Å². The maximum absolute atomic E-state index is 11.9. The molecule has 0 amide bonds. The van der Waals surface area contributed by atoms with Crippen molar-refractivity contribution in [1.82, 2.24) is 9.97 Å². The first kappa shape index (κ1) is 19.7. The molecule has 0 aliphatic heterocycles. The highest BCUT2D eigenvalue weighted by Gasteiger charge is 2.15. The van der Waals surface area contributed by atoms with Gasteiger partial charge in [0.1, 0.15) is 5.82 Å². The lowest BCUT2D eigenvalue weighted by Gasteiger charge is -2.07. The zero-order chi connectivity index (χ0) is 20.6. The normalized spacial score (nSPS) is 12.1. The molecule has 0 aliphatic carbocycles. The highest BCUT2D eigenvalue weighted by Crippen LogP contribution is 2.29. The molecule has 1 aromatic heterocycles. The maximum Gasteiger partial charge on any atom is 0.238 e. The number of rotatable bonds is 4. The molecular formula is C21H15Cl2N3O2S. The van der Waals surface area contributed by atoms with E-state index in [1.807, 2.05) is 36.4 Å². The molecule has 4 aromatic rings. The zero-order valence-corrected chi connectivity index (χ0v) is 17.3. The topological polar surface area (TPSA) is 88.8 Å². The van der Waals surface area contributed by atoms with Crippen LogP contribution >= 0.6 is 23.2 Å². The highest BCUT2D eigenvalue weighted by molar-refractivity contribution is 7.89. The molecule has 0 fully saturated rings. The predicted molar refractivity (Wildman–Crippen MR) is 118 cm³/mol. The summed E-state index contributed by atoms with van der Waals surface area (Å²) in [5.74, 6) is 0.656. The minimum Gasteiger partial charge on any atom is -0.338 e. The average molecular weight is 444 g/mol. The molecule has 0 radical (unpaired) electrons. The maximum atomic E-state index is 11.9. The molecule has 0 spiro atoms. The number of benzene rings is 3. The van der Waals surface area contributed by atoms with Gasteiger partial charge in [-0.15, -0.1) is 0 Å². The number of hydrogen-bond donors (Lipinski definition) is 2. The second kappa shape index (κ2) is 7.65. The van der Waals surface area contributed by atoms with Gasteiger partial charge in [0.2, 0.25) is 10.0 Å². The van der Waals surface area contributed by atoms with Crippen LogP contribution in [0.5, 0.6) is 0 Å². The third kappa shape index (κ3) is 4.21. The fourth-order valence-electron chi connectivity index (χ4n) is 3.02. The van der Waals surface area contributed by atoms with Crippen molar-refractivity contribution in [1.29, 1.82) is 0 Å². The van der Waals surface area contributed by atoms with Gasteiger partial charge in [-0.1, -0.05) is 59.6 Å². The Kier molecular flexibility index (Phi) is 5.19. The monoisotopic (exact) mass is 443 g/mol. The van der Waals surface area contributed by atoms with E-state index in [0.29, 0.717) is 21.4 Å². The Hall–Kier alpha value is -2.64. The number of imidazole rings is 1. The Bertz CT molecular complexity index is 1360. The molecule has 1 heterocycles. The standard InChI is InChI=1S/C21H15Cl2N3O2S/c22-16-8-5-13(11-17(16)23)6-10-21-25-18-9-7-14(12-19(18)26-21)15-3-1-2-4-20(15)29(24,27)28/h1-12H,(H,25,26)(H2,24,27,28)/b10-6+. The van der Waals surface area contributed by atoms with Crippen LogP contribution in [0.1, 0.15) is 11.4 Å². The summed E-state index contributed by atoms with van der Waals surface area (Å²) in [6.45, 7) is 0. The summed E-state index contributed by atoms with van der Waals surface area (Å²) in [7, 11) is -3.83. The number of hydrogen-bond acceptors (Lipinski definition) is 3. The van der Waals surface area contributed by atoms with Gasteiger partial charge in [0.05, 0.1) is 26.0 Å². The van der Waals surface area contributed by atoms with Crippen molar-refractivity contribution in [2.24, 2.45) is 5.14 Å². The van der Waals surface area contributed by atoms with E-state index in [-0.39, 0.29) is 4.90 Å². The Balaban J connectivity index is 1.70. The largest absolute Gasteiger partial charge is 0.338 e. The van der Waals surface area contributed by atoms with E-state index in [1.165, 1.54) is 6.07 Å². The van der Waals surface area contributed by atoms with Crippen LogP contribution in [0.25, 0.3) is 34.3 Å². The van der Waals surface area contributed by atoms with Gasteiger partial charge in [-0.05, 0) is 47.5 Å². The minimum absolute atomic E-state index is 0.0820. The summed E-state index contributed by atoms with van der Waals surface area (Å²) in [6, 6.07) is 17.5. The van der Waals surface area contributed by atoms with Crippen LogP contribution in [0.15, 0.2) is 65.6 Å². The van der Waals surface area contributed by atoms with Gasteiger partial charge in [0.25, 0.3) is 0 Å². The number of nitrogens with one attached hydrogen (secondary N) is 1. The second-order valence-corrected chi connectivity index (χ2v) is 8.75. The number of halogens is 2. The van der Waals surface area contributed by atoms with E-state index < -0.39 is 10.0 Å². The van der Waals surface area contributed by atoms with E-state index in [2.05, 4.69) is 9.97 Å². The first-order valence-electron chi connectivity index (χ1n) is 8.56. The van der Waals surface area contributed by atoms with E-state index in [9.17, 15) is 8.42 Å². The molecule has 0 saturated carbocycles. The van der Waals surface area contributed by atoms with Gasteiger partial charge in [0.15, 0.2) is 0 Å². The van der Waals surface area contributed by atoms with Gasteiger partial charge in [-0.3, -0.25) is 0 Å². The summed E-state index contributed by atoms with van der Waals surface area (Å²) < 4.78 is 23.8. The Morgan fingerprint density at radius 2 is 1.72 bits per heavy atom. The summed E-state index contributed by atoms with van der Waals surface area (Å²) in [6.07, 6.45) is 3.70. The molecule has 5 nitrogen and oxygen atoms in total. The molecule has 0 unspecified atom stereocenters. The van der Waals surface area contributed by atoms with Crippen LogP contribution in [-0.4, -0.2) is 18.4 Å². The van der Waals surface area contributed by atoms with Gasteiger partial charge in [0, 0.05) is 5.56 Å². The molecule has 3 aromatic carbocycles. The molecule has 8 heteroatoms. The third-order valence-corrected chi connectivity index (χ3v) is 6.09. The minimum atomic E-state index is -3.83. The van der Waals surface area contributed by atoms with Crippen molar-refractivity contribution in [3.63, 3.8) is 0 Å². The highest BCUT2D eigenvalue weighted by atomic mass is 35.5. The van der Waals surface area contributed by atoms with E-state index in [4.69, 9.17) is 28.3 Å². The lowest BCUT2D eigenvalue weighted by atomic mass is 10.1. The smallest absolute Gasteiger partial charge is 0.238 e. The average Bonchev–Trinajstić information content (AvgIpc) is 3.10. The summed E-state index contributed by atoms with van der Waals surface area (Å²) in [4.78, 5) is 7.83. The quantitative estimate of drug-likeness (QED) is 0.445. The van der Waals surface area contributed by atoms with Crippen molar-refractivity contribution in [3.05, 3.63) is 82.1 Å². The number of primary sulfonamides is 1. The van der Waals surface area contributed by atoms with Crippen molar-refractivity contribution in [2.45, 2.75) is 4.90 Å². The summed E-state index contributed by atoms with van der Waals surface area (Å²) in [5.41, 5.74) is 3.70. The summed E-state index contributed by atoms with van der Waals surface area (Å²) in [5, 5.41) is 6.33. The van der Waals surface area contributed by atoms with Crippen LogP contribution in [0.2, 0.25) is 10.0 Å². The molecule has 146 valence electrons. The Labute approximate surface area is 177 Å². The number of nitrogens with zero attached hydrogens (tertiary/aromatic N) is 1. The third-order valence-electron chi connectivity index (χ3n) is 4.38. The van der Waals surface area contributed by atoms with Gasteiger partial charge >= 0.3 is 0 Å². The van der Waals surface area contributed by atoms with E-state index >= 15 is 0 Å². The van der Waals surface area contributed by atoms with Crippen LogP contribution < -0.4 is 5.14 Å². The zero-order valence-electron chi connectivity index (χ0n) is 14.9. The van der Waals surface area contributed by atoms with Crippen molar-refractivity contribution < 1.29 is 8.42 Å². The molecule has 3 N–H and O–H groups in total. The molecular weight excluding hydrogens is 429 g/mol. The fraction of sp³-hybridized carbons (Fsp3) is 0. The Morgan fingerprint density at radius 1 is 0.931 bits per heavy atom. The van der Waals surface area contributed by atoms with Gasteiger partial charge in [-0.25, -0.2) is 18.5 Å². The molecule has 29 heavy (non-hydrogen) atoms. The van der Waals surface area contributed by atoms with Crippen LogP contribution in [0.4, 0.5) is 0 Å². The fourth-order valence-corrected chi connectivity index (χ4v) is 4.09. The van der Waals surface area contributed by atoms with Crippen molar-refractivity contribution >= 4 is 56.4 Å². The second-order valence-electron chi connectivity index (χ2n) is 6.40. The van der Waals surface area contributed by atoms with Crippen molar-refractivity contribution in [2.75, 3.05) is 0 Å². The lowest BCUT2D eigenvalue weighted by Crippen LogP contribution is -2.13. The lowest BCUT2D eigenvalue weighted by molar-refractivity contribution is 0.598. The number of sulfonamides is 1. The molecule has 0 bridgehead atoms. The molecule has 0 saturated heterocycles. The molecule has 0 atom stereocenters. The van der Waals surface area contributed by atoms with Gasteiger partial charge in [-0.2, -0.15) is 0 Å². The molecule has 0 aliphatic rings. The molecule has 4 rings (SSSR count).